The van der Waals surface area contributed by atoms with E-state index in [1.165, 1.54) is 17.0 Å². The number of likely N-dealkylation sites (N-methyl/N-ethyl adjacent to an activating group) is 1. The molecule has 1 saturated heterocycles. The lowest BCUT2D eigenvalue weighted by atomic mass is 9.93. The summed E-state index contributed by atoms with van der Waals surface area (Å²) in [7, 11) is 2.22. The lowest BCUT2D eigenvalue weighted by Crippen LogP contribution is -2.36. The molecule has 3 heterocycles. The average molecular weight is 289 g/mol. The Balaban J connectivity index is 1.92. The van der Waals surface area contributed by atoms with Crippen LogP contribution >= 0.6 is 0 Å². The van der Waals surface area contributed by atoms with Crippen molar-refractivity contribution in [3.63, 3.8) is 0 Å². The van der Waals surface area contributed by atoms with Gasteiger partial charge in [-0.2, -0.15) is 0 Å². The highest BCUT2D eigenvalue weighted by Gasteiger charge is 2.30. The Morgan fingerprint density at radius 3 is 2.71 bits per heavy atom. The second-order valence-electron chi connectivity index (χ2n) is 6.43. The van der Waals surface area contributed by atoms with Crippen LogP contribution in [-0.2, 0) is 11.3 Å². The monoisotopic (exact) mass is 289 g/mol. The molecule has 1 aromatic heterocycles. The molecule has 21 heavy (non-hydrogen) atoms. The second-order valence-corrected chi connectivity index (χ2v) is 6.43. The number of fused-ring (bicyclic) bond motifs is 1. The summed E-state index contributed by atoms with van der Waals surface area (Å²) < 4.78 is 7.78. The standard InChI is InChI=1S/C17H27N3O/c1-5-20-15(12-19-6-8-21-9-7-19)10-16-14(3)18(4)11-13(2)17(16)20/h5,10,13-14H,1,6-9,11-12H2,2-4H3/t13-,14-/m0/s1. The van der Waals surface area contributed by atoms with E-state index >= 15 is 0 Å². The Hall–Kier alpha value is -1.10. The van der Waals surface area contributed by atoms with Crippen molar-refractivity contribution in [2.75, 3.05) is 39.9 Å². The zero-order valence-electron chi connectivity index (χ0n) is 13.5. The fourth-order valence-electron chi connectivity index (χ4n) is 3.71. The van der Waals surface area contributed by atoms with Crippen molar-refractivity contribution in [3.8, 4) is 0 Å². The molecule has 0 amide bonds. The van der Waals surface area contributed by atoms with Gasteiger partial charge in [0.05, 0.1) is 13.2 Å². The highest BCUT2D eigenvalue weighted by Crippen LogP contribution is 2.37. The van der Waals surface area contributed by atoms with Gasteiger partial charge < -0.3 is 9.30 Å². The third-order valence-corrected chi connectivity index (χ3v) is 5.00. The van der Waals surface area contributed by atoms with Crippen LogP contribution in [0.1, 0.15) is 42.8 Å². The predicted octanol–water partition coefficient (Wildman–Crippen LogP) is 2.53. The minimum Gasteiger partial charge on any atom is -0.379 e. The van der Waals surface area contributed by atoms with Crippen molar-refractivity contribution in [2.24, 2.45) is 0 Å². The number of rotatable bonds is 3. The first kappa shape index (κ1) is 14.8. The molecule has 0 spiro atoms. The lowest BCUT2D eigenvalue weighted by molar-refractivity contribution is 0.0335. The van der Waals surface area contributed by atoms with E-state index in [1.54, 1.807) is 0 Å². The van der Waals surface area contributed by atoms with Crippen LogP contribution in [0.4, 0.5) is 0 Å². The number of hydrogen-bond acceptors (Lipinski definition) is 3. The van der Waals surface area contributed by atoms with Crippen LogP contribution in [0, 0.1) is 0 Å². The maximum Gasteiger partial charge on any atom is 0.0594 e. The molecule has 3 rings (SSSR count). The largest absolute Gasteiger partial charge is 0.379 e. The minimum atomic E-state index is 0.487. The lowest BCUT2D eigenvalue weighted by Gasteiger charge is -2.34. The molecule has 1 fully saturated rings. The van der Waals surface area contributed by atoms with Gasteiger partial charge in [0.25, 0.3) is 0 Å². The molecule has 2 aliphatic heterocycles. The quantitative estimate of drug-likeness (QED) is 0.853. The van der Waals surface area contributed by atoms with Gasteiger partial charge in [0.15, 0.2) is 0 Å². The van der Waals surface area contributed by atoms with Gasteiger partial charge in [-0.05, 0) is 25.6 Å². The van der Waals surface area contributed by atoms with Crippen molar-refractivity contribution >= 4 is 6.20 Å². The summed E-state index contributed by atoms with van der Waals surface area (Å²) in [6.45, 7) is 14.5. The molecular weight excluding hydrogens is 262 g/mol. The summed E-state index contributed by atoms with van der Waals surface area (Å²) >= 11 is 0. The number of ether oxygens (including phenoxy) is 1. The van der Waals surface area contributed by atoms with Crippen molar-refractivity contribution in [3.05, 3.63) is 29.6 Å². The maximum absolute atomic E-state index is 5.45. The Bertz CT molecular complexity index is 516. The van der Waals surface area contributed by atoms with Gasteiger partial charge in [0.1, 0.15) is 0 Å². The average Bonchev–Trinajstić information content (AvgIpc) is 2.85. The predicted molar refractivity (Wildman–Crippen MR) is 86.4 cm³/mol. The molecule has 0 N–H and O–H groups in total. The van der Waals surface area contributed by atoms with E-state index in [2.05, 4.69) is 47.9 Å². The van der Waals surface area contributed by atoms with Gasteiger partial charge in [-0.25, -0.2) is 0 Å². The SMILES string of the molecule is C=Cn1c(CN2CCOCC2)cc2c1[C@@H](C)CN(C)[C@H]2C. The van der Waals surface area contributed by atoms with Gasteiger partial charge in [0, 0.05) is 55.7 Å². The van der Waals surface area contributed by atoms with Crippen LogP contribution in [0.3, 0.4) is 0 Å². The summed E-state index contributed by atoms with van der Waals surface area (Å²) in [6, 6.07) is 2.88. The molecule has 0 unspecified atom stereocenters. The van der Waals surface area contributed by atoms with Crippen LogP contribution in [-0.4, -0.2) is 54.3 Å². The van der Waals surface area contributed by atoms with E-state index in [0.717, 1.165) is 39.4 Å². The molecule has 2 aliphatic rings. The zero-order valence-corrected chi connectivity index (χ0v) is 13.5. The molecule has 0 aromatic carbocycles. The van der Waals surface area contributed by atoms with Gasteiger partial charge in [-0.3, -0.25) is 9.80 Å². The topological polar surface area (TPSA) is 20.6 Å². The first-order chi connectivity index (χ1) is 10.1. The summed E-state index contributed by atoms with van der Waals surface area (Å²) in [6.07, 6.45) is 1.99. The van der Waals surface area contributed by atoms with Gasteiger partial charge >= 0.3 is 0 Å². The van der Waals surface area contributed by atoms with Crippen LogP contribution < -0.4 is 0 Å². The molecule has 4 heteroatoms. The Morgan fingerprint density at radius 1 is 1.33 bits per heavy atom. The van der Waals surface area contributed by atoms with E-state index in [0.29, 0.717) is 12.0 Å². The van der Waals surface area contributed by atoms with E-state index in [4.69, 9.17) is 4.74 Å². The molecule has 116 valence electrons. The molecule has 4 nitrogen and oxygen atoms in total. The molecule has 0 bridgehead atoms. The molecular formula is C17H27N3O. The second kappa shape index (κ2) is 5.95. The number of aromatic nitrogens is 1. The van der Waals surface area contributed by atoms with Crippen molar-refractivity contribution < 1.29 is 4.74 Å². The van der Waals surface area contributed by atoms with Crippen molar-refractivity contribution in [2.45, 2.75) is 32.4 Å². The van der Waals surface area contributed by atoms with Gasteiger partial charge in [-0.15, -0.1) is 0 Å². The van der Waals surface area contributed by atoms with Crippen molar-refractivity contribution in [1.29, 1.82) is 0 Å². The fraction of sp³-hybridized carbons (Fsp3) is 0.647. The number of hydrogen-bond donors (Lipinski definition) is 0. The summed E-state index contributed by atoms with van der Waals surface area (Å²) in [5.74, 6) is 0.553. The third-order valence-electron chi connectivity index (χ3n) is 5.00. The Labute approximate surface area is 128 Å². The first-order valence-electron chi connectivity index (χ1n) is 7.98. The third kappa shape index (κ3) is 2.68. The van der Waals surface area contributed by atoms with Crippen LogP contribution in [0.25, 0.3) is 6.20 Å². The summed E-state index contributed by atoms with van der Waals surface area (Å²) in [5, 5.41) is 0. The summed E-state index contributed by atoms with van der Waals surface area (Å²) in [4.78, 5) is 4.92. The maximum atomic E-state index is 5.45. The highest BCUT2D eigenvalue weighted by molar-refractivity contribution is 5.42. The van der Waals surface area contributed by atoms with E-state index in [-0.39, 0.29) is 0 Å². The van der Waals surface area contributed by atoms with Crippen LogP contribution in [0.2, 0.25) is 0 Å². The molecule has 2 atom stereocenters. The van der Waals surface area contributed by atoms with Crippen molar-refractivity contribution in [1.82, 2.24) is 14.4 Å². The van der Waals surface area contributed by atoms with Crippen LogP contribution in [0.5, 0.6) is 0 Å². The van der Waals surface area contributed by atoms with E-state index in [9.17, 15) is 0 Å². The van der Waals surface area contributed by atoms with E-state index < -0.39 is 0 Å². The van der Waals surface area contributed by atoms with Gasteiger partial charge in [-0.1, -0.05) is 13.5 Å². The number of nitrogens with zero attached hydrogens (tertiary/aromatic N) is 3. The molecule has 1 aromatic rings. The minimum absolute atomic E-state index is 0.487. The fourth-order valence-corrected chi connectivity index (χ4v) is 3.71. The summed E-state index contributed by atoms with van der Waals surface area (Å²) in [5.41, 5.74) is 4.30. The smallest absolute Gasteiger partial charge is 0.0594 e. The normalized spacial score (nSPS) is 27.6. The Kier molecular flexibility index (Phi) is 4.20. The van der Waals surface area contributed by atoms with E-state index in [1.807, 2.05) is 6.20 Å². The molecule has 0 saturated carbocycles. The zero-order chi connectivity index (χ0) is 15.0. The molecule has 0 aliphatic carbocycles. The van der Waals surface area contributed by atoms with Gasteiger partial charge in [0.2, 0.25) is 0 Å². The Morgan fingerprint density at radius 2 is 2.05 bits per heavy atom. The van der Waals surface area contributed by atoms with Crippen LogP contribution in [0.15, 0.2) is 12.6 Å². The molecule has 0 radical (unpaired) electrons. The first-order valence-corrected chi connectivity index (χ1v) is 7.98. The highest BCUT2D eigenvalue weighted by atomic mass is 16.5. The number of morpholine rings is 1.